The number of carbonyl (C=O) groups excluding carboxylic acids is 3. The van der Waals surface area contributed by atoms with Gasteiger partial charge in [-0.25, -0.2) is 4.98 Å². The van der Waals surface area contributed by atoms with Gasteiger partial charge in [0, 0.05) is 26.2 Å². The van der Waals surface area contributed by atoms with Gasteiger partial charge in [-0.3, -0.25) is 14.4 Å². The van der Waals surface area contributed by atoms with Crippen molar-refractivity contribution in [3.63, 3.8) is 0 Å². The van der Waals surface area contributed by atoms with E-state index in [0.717, 1.165) is 19.3 Å². The highest BCUT2D eigenvalue weighted by atomic mass is 16.5. The molecular formula is C23H28N4O5. The van der Waals surface area contributed by atoms with E-state index in [2.05, 4.69) is 15.6 Å². The predicted octanol–water partition coefficient (Wildman–Crippen LogP) is 2.01. The molecule has 0 aliphatic carbocycles. The monoisotopic (exact) mass is 440 g/mol. The number of nitrogens with one attached hydrogen (secondary N) is 2. The molecule has 3 amide bonds. The maximum Gasteiger partial charge on any atom is 0.291 e. The van der Waals surface area contributed by atoms with Crippen molar-refractivity contribution in [3.05, 3.63) is 48.2 Å². The summed E-state index contributed by atoms with van der Waals surface area (Å²) in [6.45, 7) is 2.10. The van der Waals surface area contributed by atoms with Crippen LogP contribution in [0.15, 0.2) is 41.3 Å². The van der Waals surface area contributed by atoms with Gasteiger partial charge in [-0.15, -0.1) is 0 Å². The van der Waals surface area contributed by atoms with Gasteiger partial charge in [0.1, 0.15) is 5.75 Å². The van der Waals surface area contributed by atoms with E-state index < -0.39 is 5.41 Å². The van der Waals surface area contributed by atoms with Crippen LogP contribution >= 0.6 is 0 Å². The molecule has 32 heavy (non-hydrogen) atoms. The van der Waals surface area contributed by atoms with E-state index >= 15 is 0 Å². The van der Waals surface area contributed by atoms with Gasteiger partial charge in [0.25, 0.3) is 11.8 Å². The van der Waals surface area contributed by atoms with E-state index in [-0.39, 0.29) is 23.5 Å². The van der Waals surface area contributed by atoms with Crippen molar-refractivity contribution in [1.82, 2.24) is 20.5 Å². The Morgan fingerprint density at radius 2 is 1.81 bits per heavy atom. The van der Waals surface area contributed by atoms with Crippen molar-refractivity contribution >= 4 is 17.7 Å². The molecule has 2 aromatic rings. The first kappa shape index (κ1) is 21.9. The summed E-state index contributed by atoms with van der Waals surface area (Å²) in [5.41, 5.74) is -0.0410. The molecule has 4 rings (SSSR count). The van der Waals surface area contributed by atoms with Gasteiger partial charge in [0.05, 0.1) is 23.8 Å². The summed E-state index contributed by atoms with van der Waals surface area (Å²) >= 11 is 0. The summed E-state index contributed by atoms with van der Waals surface area (Å²) in [4.78, 5) is 43.7. The lowest BCUT2D eigenvalue weighted by atomic mass is 9.73. The van der Waals surface area contributed by atoms with Crippen LogP contribution in [0.5, 0.6) is 5.75 Å². The van der Waals surface area contributed by atoms with Crippen molar-refractivity contribution < 1.29 is 23.5 Å². The highest BCUT2D eigenvalue weighted by Gasteiger charge is 2.42. The van der Waals surface area contributed by atoms with E-state index in [0.29, 0.717) is 56.9 Å². The van der Waals surface area contributed by atoms with Crippen LogP contribution in [0, 0.1) is 5.41 Å². The van der Waals surface area contributed by atoms with Crippen molar-refractivity contribution in [2.45, 2.75) is 32.1 Å². The predicted molar refractivity (Wildman–Crippen MR) is 115 cm³/mol. The number of para-hydroxylation sites is 1. The molecule has 2 aliphatic heterocycles. The van der Waals surface area contributed by atoms with Gasteiger partial charge in [0.15, 0.2) is 6.39 Å². The first-order valence-corrected chi connectivity index (χ1v) is 11.1. The summed E-state index contributed by atoms with van der Waals surface area (Å²) in [6.07, 6.45) is 6.12. The molecule has 0 saturated carbocycles. The summed E-state index contributed by atoms with van der Waals surface area (Å²) in [7, 11) is 0. The van der Waals surface area contributed by atoms with Crippen LogP contribution in [0.3, 0.4) is 0 Å². The molecule has 1 spiro atoms. The van der Waals surface area contributed by atoms with Gasteiger partial charge < -0.3 is 24.7 Å². The molecule has 3 heterocycles. The number of hydrogen-bond donors (Lipinski definition) is 2. The molecule has 1 aromatic carbocycles. The molecule has 1 aromatic heterocycles. The molecule has 2 aliphatic rings. The lowest BCUT2D eigenvalue weighted by Gasteiger charge is -2.40. The van der Waals surface area contributed by atoms with E-state index in [9.17, 15) is 14.4 Å². The van der Waals surface area contributed by atoms with Gasteiger partial charge in [0.2, 0.25) is 11.7 Å². The third-order valence-electron chi connectivity index (χ3n) is 6.27. The van der Waals surface area contributed by atoms with E-state index in [1.807, 2.05) is 6.07 Å². The summed E-state index contributed by atoms with van der Waals surface area (Å²) < 4.78 is 11.0. The molecule has 1 fully saturated rings. The maximum atomic E-state index is 13.2. The Hall–Kier alpha value is -3.36. The minimum atomic E-state index is -0.537. The summed E-state index contributed by atoms with van der Waals surface area (Å²) in [6, 6.07) is 7.18. The van der Waals surface area contributed by atoms with Gasteiger partial charge in [-0.2, -0.15) is 0 Å². The minimum absolute atomic E-state index is 0.0168. The number of hydrogen-bond acceptors (Lipinski definition) is 6. The molecule has 0 bridgehead atoms. The number of ether oxygens (including phenoxy) is 1. The lowest BCUT2D eigenvalue weighted by Crippen LogP contribution is -2.51. The van der Waals surface area contributed by atoms with Crippen molar-refractivity contribution in [2.75, 3.05) is 32.8 Å². The van der Waals surface area contributed by atoms with Crippen molar-refractivity contribution in [2.24, 2.45) is 5.41 Å². The second-order valence-corrected chi connectivity index (χ2v) is 8.25. The Morgan fingerprint density at radius 1 is 1.03 bits per heavy atom. The van der Waals surface area contributed by atoms with E-state index in [1.165, 1.54) is 12.6 Å². The Bertz CT molecular complexity index is 951. The number of fused-ring (bicyclic) bond motifs is 1. The molecule has 9 nitrogen and oxygen atoms in total. The van der Waals surface area contributed by atoms with Gasteiger partial charge >= 0.3 is 0 Å². The third-order valence-corrected chi connectivity index (χ3v) is 6.27. The smallest absolute Gasteiger partial charge is 0.291 e. The first-order chi connectivity index (χ1) is 15.6. The maximum absolute atomic E-state index is 13.2. The van der Waals surface area contributed by atoms with Crippen LogP contribution in [-0.2, 0) is 4.79 Å². The highest BCUT2D eigenvalue weighted by Crippen LogP contribution is 2.37. The van der Waals surface area contributed by atoms with Crippen LogP contribution in [0.4, 0.5) is 0 Å². The molecule has 1 saturated heterocycles. The topological polar surface area (TPSA) is 114 Å². The quantitative estimate of drug-likeness (QED) is 0.701. The Kier molecular flexibility index (Phi) is 6.72. The number of amides is 3. The Morgan fingerprint density at radius 3 is 2.59 bits per heavy atom. The van der Waals surface area contributed by atoms with E-state index in [1.54, 1.807) is 23.1 Å². The van der Waals surface area contributed by atoms with Crippen LogP contribution < -0.4 is 15.4 Å². The zero-order valence-electron chi connectivity index (χ0n) is 18.0. The highest BCUT2D eigenvalue weighted by molar-refractivity contribution is 5.97. The minimum Gasteiger partial charge on any atom is -0.493 e. The number of nitrogens with zero attached hydrogens (tertiary/aromatic N) is 2. The van der Waals surface area contributed by atoms with Crippen molar-refractivity contribution in [1.29, 1.82) is 0 Å². The average Bonchev–Trinajstić information content (AvgIpc) is 3.36. The van der Waals surface area contributed by atoms with Crippen LogP contribution in [0.25, 0.3) is 0 Å². The van der Waals surface area contributed by atoms with Gasteiger partial charge in [-0.05, 0) is 44.2 Å². The molecule has 2 N–H and O–H groups in total. The number of rotatable bonds is 1. The number of likely N-dealkylation sites (tertiary alicyclic amines) is 1. The Balaban J connectivity index is 1.41. The molecule has 0 unspecified atom stereocenters. The summed E-state index contributed by atoms with van der Waals surface area (Å²) in [5.74, 6) is 0.343. The number of oxazole rings is 1. The van der Waals surface area contributed by atoms with Crippen molar-refractivity contribution in [3.8, 4) is 5.75 Å². The average molecular weight is 441 g/mol. The molecule has 0 atom stereocenters. The molecule has 170 valence electrons. The molecule has 9 heteroatoms. The van der Waals surface area contributed by atoms with E-state index in [4.69, 9.17) is 9.15 Å². The number of carbonyl (C=O) groups is 3. The second-order valence-electron chi connectivity index (χ2n) is 8.25. The van der Waals surface area contributed by atoms with Crippen LogP contribution in [0.2, 0.25) is 0 Å². The zero-order chi connectivity index (χ0) is 22.4. The summed E-state index contributed by atoms with van der Waals surface area (Å²) in [5, 5.41) is 5.84. The molecule has 0 radical (unpaired) electrons. The lowest BCUT2D eigenvalue weighted by molar-refractivity contribution is -0.134. The first-order valence-electron chi connectivity index (χ1n) is 11.1. The van der Waals surface area contributed by atoms with Crippen LogP contribution in [-0.4, -0.2) is 60.4 Å². The fraction of sp³-hybridized carbons (Fsp3) is 0.478. The third kappa shape index (κ3) is 4.76. The van der Waals surface area contributed by atoms with Gasteiger partial charge in [-0.1, -0.05) is 12.1 Å². The number of aromatic nitrogens is 1. The fourth-order valence-electron chi connectivity index (χ4n) is 4.37. The SMILES string of the molecule is O=C1NCCNC(=O)C2(CCCCOc3ccccc31)CCN(C(=O)c1cnco1)CC2. The fourth-order valence-corrected chi connectivity index (χ4v) is 4.37. The normalized spacial score (nSPS) is 19.8. The zero-order valence-corrected chi connectivity index (χ0v) is 18.0. The Labute approximate surface area is 186 Å². The number of benzene rings is 1. The van der Waals surface area contributed by atoms with Crippen LogP contribution in [0.1, 0.15) is 53.0 Å². The number of piperidine rings is 1. The molecular weight excluding hydrogens is 412 g/mol. The second kappa shape index (κ2) is 9.84. The standard InChI is InChI=1S/C23H28N4O5/c28-20-17-5-1-2-6-18(17)31-14-4-3-7-23(22(30)26-11-10-25-20)8-12-27(13-9-23)21(29)19-15-24-16-32-19/h1-2,5-6,15-16H,3-4,7-14H2,(H,25,28)(H,26,30). The largest absolute Gasteiger partial charge is 0.493 e.